The van der Waals surface area contributed by atoms with Gasteiger partial charge in [0.2, 0.25) is 0 Å². The second-order valence-electron chi connectivity index (χ2n) is 13.8. The van der Waals surface area contributed by atoms with Gasteiger partial charge < -0.3 is 4.90 Å². The van der Waals surface area contributed by atoms with Crippen molar-refractivity contribution in [2.45, 2.75) is 38.5 Å². The normalized spacial score (nSPS) is 14.8. The summed E-state index contributed by atoms with van der Waals surface area (Å²) in [5, 5.41) is 0. The molecule has 2 nitrogen and oxygen atoms in total. The highest BCUT2D eigenvalue weighted by molar-refractivity contribution is 7.30. The van der Waals surface area contributed by atoms with E-state index in [1.54, 1.807) is 22.7 Å². The Morgan fingerprint density at radius 1 is 0.511 bits per heavy atom. The Balaban J connectivity index is 1.18. The Labute approximate surface area is 283 Å². The lowest BCUT2D eigenvalue weighted by Gasteiger charge is -2.30. The van der Waals surface area contributed by atoms with Gasteiger partial charge in [0.25, 0.3) is 0 Å². The van der Waals surface area contributed by atoms with Crippen molar-refractivity contribution in [3.05, 3.63) is 148 Å². The lowest BCUT2D eigenvalue weighted by molar-refractivity contribution is 0.112. The molecule has 2 heterocycles. The van der Waals surface area contributed by atoms with Crippen LogP contribution in [0.15, 0.2) is 121 Å². The minimum Gasteiger partial charge on any atom is -0.310 e. The van der Waals surface area contributed by atoms with Crippen LogP contribution in [0.1, 0.15) is 59.6 Å². The summed E-state index contributed by atoms with van der Waals surface area (Å²) in [5.74, 6) is 0. The summed E-state index contributed by atoms with van der Waals surface area (Å²) in [6.07, 6.45) is 0.942. The van der Waals surface area contributed by atoms with Crippen LogP contribution in [0.3, 0.4) is 0 Å². The zero-order valence-electron chi connectivity index (χ0n) is 26.8. The van der Waals surface area contributed by atoms with Gasteiger partial charge in [-0.1, -0.05) is 100 Å². The van der Waals surface area contributed by atoms with Gasteiger partial charge in [-0.2, -0.15) is 0 Å². The van der Waals surface area contributed by atoms with Gasteiger partial charge in [-0.15, -0.1) is 22.7 Å². The second kappa shape index (κ2) is 10.1. The Morgan fingerprint density at radius 3 is 1.53 bits per heavy atom. The van der Waals surface area contributed by atoms with Crippen molar-refractivity contribution < 1.29 is 4.79 Å². The van der Waals surface area contributed by atoms with Gasteiger partial charge in [-0.25, -0.2) is 0 Å². The van der Waals surface area contributed by atoms with Crippen molar-refractivity contribution in [1.29, 1.82) is 0 Å². The summed E-state index contributed by atoms with van der Waals surface area (Å²) in [6.45, 7) is 9.39. The highest BCUT2D eigenvalue weighted by Gasteiger charge is 2.37. The van der Waals surface area contributed by atoms with Gasteiger partial charge in [-0.3, -0.25) is 4.79 Å². The fraction of sp³-hybridized carbons (Fsp3) is 0.140. The SMILES string of the molecule is CC1(C)c2ccccc2-c2ccc(N(c3ccc(-c4cc5sc(C=O)cc5s4)cc3)c3ccc4c(c3)C(C)(C)c3ccccc3-4)cc21. The average Bonchev–Trinajstić information content (AvgIpc) is 3.79. The van der Waals surface area contributed by atoms with Crippen LogP contribution in [0.2, 0.25) is 0 Å². The van der Waals surface area contributed by atoms with E-state index in [1.807, 2.05) is 6.07 Å². The van der Waals surface area contributed by atoms with Gasteiger partial charge in [0.15, 0.2) is 6.29 Å². The highest BCUT2D eigenvalue weighted by Crippen LogP contribution is 2.53. The highest BCUT2D eigenvalue weighted by atomic mass is 32.1. The zero-order valence-corrected chi connectivity index (χ0v) is 28.4. The average molecular weight is 644 g/mol. The second-order valence-corrected chi connectivity index (χ2v) is 16.0. The van der Waals surface area contributed by atoms with E-state index in [2.05, 4.69) is 148 Å². The molecule has 5 aromatic carbocycles. The number of aldehydes is 1. The van der Waals surface area contributed by atoms with Gasteiger partial charge in [0, 0.05) is 42.2 Å². The maximum absolute atomic E-state index is 11.3. The number of thiophene rings is 2. The molecule has 0 aliphatic heterocycles. The van der Waals surface area contributed by atoms with Gasteiger partial charge in [0.05, 0.1) is 4.88 Å². The molecular weight excluding hydrogens is 611 g/mol. The quantitative estimate of drug-likeness (QED) is 0.174. The van der Waals surface area contributed by atoms with Crippen LogP contribution >= 0.6 is 22.7 Å². The Bertz CT molecular complexity index is 2250. The first-order valence-electron chi connectivity index (χ1n) is 16.1. The molecule has 0 fully saturated rings. The number of hydrogen-bond acceptors (Lipinski definition) is 4. The lowest BCUT2D eigenvalue weighted by atomic mass is 9.82. The summed E-state index contributed by atoms with van der Waals surface area (Å²) >= 11 is 3.31. The van der Waals surface area contributed by atoms with Crippen molar-refractivity contribution in [2.75, 3.05) is 4.90 Å². The molecule has 2 aromatic heterocycles. The summed E-state index contributed by atoms with van der Waals surface area (Å²) in [6, 6.07) is 44.9. The molecule has 228 valence electrons. The standard InChI is InChI=1S/C43H33NOS2/c1-42(2)35-11-7-5-9-31(35)33-19-17-28(21-37(33)42)44(29-18-20-34-32-10-6-8-12-36(32)43(3,4)38(34)22-29)27-15-13-26(14-16-27)39-24-41-40(47-39)23-30(25-45)46-41/h5-25H,1-4H3. The van der Waals surface area contributed by atoms with Gasteiger partial charge >= 0.3 is 0 Å². The maximum Gasteiger partial charge on any atom is 0.160 e. The number of anilines is 3. The van der Waals surface area contributed by atoms with E-state index in [-0.39, 0.29) is 10.8 Å². The first-order valence-corrected chi connectivity index (χ1v) is 17.8. The third-order valence-corrected chi connectivity index (χ3v) is 12.7. The number of benzene rings is 5. The monoisotopic (exact) mass is 643 g/mol. The predicted molar refractivity (Wildman–Crippen MR) is 200 cm³/mol. The first-order chi connectivity index (χ1) is 22.7. The third kappa shape index (κ3) is 4.18. The van der Waals surface area contributed by atoms with Crippen LogP contribution < -0.4 is 4.90 Å². The fourth-order valence-electron chi connectivity index (χ4n) is 7.94. The summed E-state index contributed by atoms with van der Waals surface area (Å²) in [5.41, 5.74) is 15.3. The minimum atomic E-state index is -0.0885. The molecule has 2 aliphatic carbocycles. The van der Waals surface area contributed by atoms with Crippen molar-refractivity contribution in [3.63, 3.8) is 0 Å². The van der Waals surface area contributed by atoms with Crippen LogP contribution in [0.4, 0.5) is 17.1 Å². The molecule has 0 unspecified atom stereocenters. The van der Waals surface area contributed by atoms with Crippen LogP contribution in [0.25, 0.3) is 42.1 Å². The predicted octanol–water partition coefficient (Wildman–Crippen LogP) is 12.5. The molecule has 0 N–H and O–H groups in total. The molecule has 47 heavy (non-hydrogen) atoms. The largest absolute Gasteiger partial charge is 0.310 e. The maximum atomic E-state index is 11.3. The number of nitrogens with zero attached hydrogens (tertiary/aromatic N) is 1. The van der Waals surface area contributed by atoms with Gasteiger partial charge in [0.1, 0.15) is 0 Å². The number of fused-ring (bicyclic) bond motifs is 7. The van der Waals surface area contributed by atoms with E-state index in [4.69, 9.17) is 0 Å². The first kappa shape index (κ1) is 28.5. The van der Waals surface area contributed by atoms with E-state index in [1.165, 1.54) is 64.3 Å². The van der Waals surface area contributed by atoms with Crippen LogP contribution in [-0.2, 0) is 10.8 Å². The molecule has 0 spiro atoms. The molecule has 4 heteroatoms. The van der Waals surface area contributed by atoms with Crippen LogP contribution in [0.5, 0.6) is 0 Å². The molecule has 0 amide bonds. The molecule has 0 bridgehead atoms. The summed E-state index contributed by atoms with van der Waals surface area (Å²) in [7, 11) is 0. The molecule has 0 saturated heterocycles. The molecule has 7 aromatic rings. The van der Waals surface area contributed by atoms with Gasteiger partial charge in [-0.05, 0) is 98.6 Å². The Kier molecular flexibility index (Phi) is 6.12. The summed E-state index contributed by atoms with van der Waals surface area (Å²) in [4.78, 5) is 15.7. The van der Waals surface area contributed by atoms with E-state index in [9.17, 15) is 4.79 Å². The molecular formula is C43H33NOS2. The number of rotatable bonds is 5. The molecule has 0 radical (unpaired) electrons. The smallest absolute Gasteiger partial charge is 0.160 e. The lowest BCUT2D eigenvalue weighted by Crippen LogP contribution is -2.18. The van der Waals surface area contributed by atoms with E-state index in [0.717, 1.165) is 28.2 Å². The van der Waals surface area contributed by atoms with Crippen LogP contribution in [-0.4, -0.2) is 6.29 Å². The number of carbonyl (C=O) groups excluding carboxylic acids is 1. The third-order valence-electron chi connectivity index (χ3n) is 10.4. The van der Waals surface area contributed by atoms with E-state index in [0.29, 0.717) is 0 Å². The molecule has 0 saturated carbocycles. The van der Waals surface area contributed by atoms with Crippen molar-refractivity contribution in [3.8, 4) is 32.7 Å². The molecule has 2 aliphatic rings. The van der Waals surface area contributed by atoms with Crippen molar-refractivity contribution in [2.24, 2.45) is 0 Å². The van der Waals surface area contributed by atoms with E-state index < -0.39 is 0 Å². The van der Waals surface area contributed by atoms with E-state index >= 15 is 0 Å². The molecule has 9 rings (SSSR count). The molecule has 0 atom stereocenters. The Hall–Kier alpha value is -4.77. The zero-order chi connectivity index (χ0) is 32.1. The van der Waals surface area contributed by atoms with Crippen LogP contribution in [0, 0.1) is 0 Å². The Morgan fingerprint density at radius 2 is 1.00 bits per heavy atom. The van der Waals surface area contributed by atoms with Crippen molar-refractivity contribution in [1.82, 2.24) is 0 Å². The number of hydrogen-bond donors (Lipinski definition) is 0. The minimum absolute atomic E-state index is 0.0885. The topological polar surface area (TPSA) is 20.3 Å². The summed E-state index contributed by atoms with van der Waals surface area (Å²) < 4.78 is 2.34. The fourth-order valence-corrected chi connectivity index (χ4v) is 10.2. The van der Waals surface area contributed by atoms with Crippen molar-refractivity contribution >= 4 is 55.4 Å². The number of carbonyl (C=O) groups is 1.